The Kier molecular flexibility index (Phi) is 5.17. The lowest BCUT2D eigenvalue weighted by atomic mass is 9.89. The molecule has 1 aromatic rings. The van der Waals surface area contributed by atoms with Crippen molar-refractivity contribution in [1.29, 1.82) is 0 Å². The number of carbonyl (C=O) groups excluding carboxylic acids is 1. The fourth-order valence-corrected chi connectivity index (χ4v) is 1.60. The van der Waals surface area contributed by atoms with E-state index < -0.39 is 6.10 Å². The van der Waals surface area contributed by atoms with Crippen LogP contribution in [0, 0.1) is 5.41 Å². The minimum atomic E-state index is -0.562. The third-order valence-corrected chi connectivity index (χ3v) is 3.17. The van der Waals surface area contributed by atoms with Crippen molar-refractivity contribution in [3.8, 4) is 0 Å². The topological polar surface area (TPSA) is 49.3 Å². The highest BCUT2D eigenvalue weighted by molar-refractivity contribution is 6.31. The van der Waals surface area contributed by atoms with E-state index in [2.05, 4.69) is 5.32 Å². The first-order valence-corrected chi connectivity index (χ1v) is 6.36. The standard InChI is InChI=1S/C14H20ClNO2/c1-14(2,3)12(17)9-16-13(18)8-10-6-4-5-7-11(10)15/h4-7,12,17H,8-9H2,1-3H3,(H,16,18). The van der Waals surface area contributed by atoms with E-state index in [4.69, 9.17) is 11.6 Å². The number of halogens is 1. The van der Waals surface area contributed by atoms with E-state index in [-0.39, 0.29) is 24.3 Å². The Morgan fingerprint density at radius 3 is 2.56 bits per heavy atom. The lowest BCUT2D eigenvalue weighted by molar-refractivity contribution is -0.121. The summed E-state index contributed by atoms with van der Waals surface area (Å²) < 4.78 is 0. The van der Waals surface area contributed by atoms with Gasteiger partial charge in [-0.25, -0.2) is 0 Å². The summed E-state index contributed by atoms with van der Waals surface area (Å²) in [4.78, 5) is 11.7. The predicted octanol–water partition coefficient (Wildman–Crippen LogP) is 2.41. The summed E-state index contributed by atoms with van der Waals surface area (Å²) in [5.74, 6) is -0.133. The van der Waals surface area contributed by atoms with Gasteiger partial charge in [0.05, 0.1) is 12.5 Å². The van der Waals surface area contributed by atoms with Gasteiger partial charge in [-0.05, 0) is 17.0 Å². The van der Waals surface area contributed by atoms with Gasteiger partial charge < -0.3 is 10.4 Å². The Hall–Kier alpha value is -1.06. The molecule has 2 N–H and O–H groups in total. The van der Waals surface area contributed by atoms with Gasteiger partial charge in [0.1, 0.15) is 0 Å². The second-order valence-electron chi connectivity index (χ2n) is 5.45. The Balaban J connectivity index is 2.46. The van der Waals surface area contributed by atoms with E-state index >= 15 is 0 Å². The fourth-order valence-electron chi connectivity index (χ4n) is 1.39. The van der Waals surface area contributed by atoms with Crippen LogP contribution in [0.2, 0.25) is 5.02 Å². The van der Waals surface area contributed by atoms with Gasteiger partial charge in [-0.3, -0.25) is 4.79 Å². The Labute approximate surface area is 113 Å². The highest BCUT2D eigenvalue weighted by Crippen LogP contribution is 2.18. The van der Waals surface area contributed by atoms with Crippen LogP contribution in [0.3, 0.4) is 0 Å². The molecular weight excluding hydrogens is 250 g/mol. The second-order valence-corrected chi connectivity index (χ2v) is 5.86. The van der Waals surface area contributed by atoms with Gasteiger partial charge in [-0.2, -0.15) is 0 Å². The lowest BCUT2D eigenvalue weighted by Crippen LogP contribution is -2.39. The summed E-state index contributed by atoms with van der Waals surface area (Å²) >= 11 is 5.97. The SMILES string of the molecule is CC(C)(C)C(O)CNC(=O)Cc1ccccc1Cl. The van der Waals surface area contributed by atoms with Gasteiger partial charge in [-0.1, -0.05) is 50.6 Å². The molecule has 0 bridgehead atoms. The molecule has 1 amide bonds. The van der Waals surface area contributed by atoms with Crippen molar-refractivity contribution in [3.63, 3.8) is 0 Å². The zero-order chi connectivity index (χ0) is 13.8. The van der Waals surface area contributed by atoms with Gasteiger partial charge in [0.2, 0.25) is 5.91 Å². The summed E-state index contributed by atoms with van der Waals surface area (Å²) in [6, 6.07) is 7.25. The number of nitrogens with one attached hydrogen (secondary N) is 1. The molecule has 18 heavy (non-hydrogen) atoms. The minimum Gasteiger partial charge on any atom is -0.391 e. The van der Waals surface area contributed by atoms with E-state index in [0.29, 0.717) is 5.02 Å². The maximum absolute atomic E-state index is 11.7. The summed E-state index contributed by atoms with van der Waals surface area (Å²) in [5.41, 5.74) is 0.555. The third kappa shape index (κ3) is 4.67. The highest BCUT2D eigenvalue weighted by atomic mass is 35.5. The van der Waals surface area contributed by atoms with E-state index in [9.17, 15) is 9.90 Å². The molecule has 0 aliphatic carbocycles. The van der Waals surface area contributed by atoms with Crippen LogP contribution >= 0.6 is 11.6 Å². The summed E-state index contributed by atoms with van der Waals surface area (Å²) in [7, 11) is 0. The molecule has 1 atom stereocenters. The monoisotopic (exact) mass is 269 g/mol. The molecule has 0 spiro atoms. The molecule has 100 valence electrons. The number of benzene rings is 1. The number of aliphatic hydroxyl groups excluding tert-OH is 1. The molecule has 0 fully saturated rings. The number of hydrogen-bond acceptors (Lipinski definition) is 2. The Morgan fingerprint density at radius 2 is 2.00 bits per heavy atom. The third-order valence-electron chi connectivity index (χ3n) is 2.80. The molecule has 4 heteroatoms. The van der Waals surface area contributed by atoms with E-state index in [0.717, 1.165) is 5.56 Å². The van der Waals surface area contributed by atoms with Crippen molar-refractivity contribution >= 4 is 17.5 Å². The average Bonchev–Trinajstić information content (AvgIpc) is 2.27. The number of carbonyl (C=O) groups is 1. The van der Waals surface area contributed by atoms with Crippen LogP contribution in [0.5, 0.6) is 0 Å². The number of aliphatic hydroxyl groups is 1. The first-order valence-electron chi connectivity index (χ1n) is 5.99. The fraction of sp³-hybridized carbons (Fsp3) is 0.500. The van der Waals surface area contributed by atoms with Crippen molar-refractivity contribution in [2.75, 3.05) is 6.54 Å². The number of amides is 1. The van der Waals surface area contributed by atoms with Crippen LogP contribution in [0.4, 0.5) is 0 Å². The van der Waals surface area contributed by atoms with Crippen LogP contribution in [-0.4, -0.2) is 23.7 Å². The molecule has 0 aromatic heterocycles. The lowest BCUT2D eigenvalue weighted by Gasteiger charge is -2.25. The summed E-state index contributed by atoms with van der Waals surface area (Å²) in [5, 5.41) is 13.1. The summed E-state index contributed by atoms with van der Waals surface area (Å²) in [6.45, 7) is 6.04. The normalized spacial score (nSPS) is 13.2. The van der Waals surface area contributed by atoms with Crippen LogP contribution < -0.4 is 5.32 Å². The maximum Gasteiger partial charge on any atom is 0.224 e. The van der Waals surface area contributed by atoms with Gasteiger partial charge in [0, 0.05) is 11.6 Å². The number of hydrogen-bond donors (Lipinski definition) is 2. The minimum absolute atomic E-state index is 0.133. The second kappa shape index (κ2) is 6.21. The summed E-state index contributed by atoms with van der Waals surface area (Å²) in [6.07, 6.45) is -0.330. The zero-order valence-electron chi connectivity index (χ0n) is 11.0. The molecule has 0 aliphatic rings. The van der Waals surface area contributed by atoms with Gasteiger partial charge in [0.15, 0.2) is 0 Å². The van der Waals surface area contributed by atoms with Crippen molar-refractivity contribution in [2.24, 2.45) is 5.41 Å². The molecule has 1 rings (SSSR count). The average molecular weight is 270 g/mol. The van der Waals surface area contributed by atoms with E-state index in [1.165, 1.54) is 0 Å². The Bertz CT molecular complexity index is 413. The van der Waals surface area contributed by atoms with Gasteiger partial charge >= 0.3 is 0 Å². The highest BCUT2D eigenvalue weighted by Gasteiger charge is 2.22. The van der Waals surface area contributed by atoms with Gasteiger partial charge in [-0.15, -0.1) is 0 Å². The van der Waals surface area contributed by atoms with E-state index in [1.54, 1.807) is 6.07 Å². The molecule has 0 saturated heterocycles. The van der Waals surface area contributed by atoms with Crippen LogP contribution in [0.15, 0.2) is 24.3 Å². The van der Waals surface area contributed by atoms with Crippen molar-refractivity contribution in [1.82, 2.24) is 5.32 Å². The van der Waals surface area contributed by atoms with Crippen LogP contribution in [0.25, 0.3) is 0 Å². The molecule has 1 unspecified atom stereocenters. The molecule has 0 radical (unpaired) electrons. The largest absolute Gasteiger partial charge is 0.391 e. The quantitative estimate of drug-likeness (QED) is 0.882. The molecule has 0 saturated carbocycles. The van der Waals surface area contributed by atoms with Gasteiger partial charge in [0.25, 0.3) is 0 Å². The van der Waals surface area contributed by atoms with Crippen molar-refractivity contribution in [3.05, 3.63) is 34.9 Å². The van der Waals surface area contributed by atoms with Crippen LogP contribution in [0.1, 0.15) is 26.3 Å². The van der Waals surface area contributed by atoms with E-state index in [1.807, 2.05) is 39.0 Å². The van der Waals surface area contributed by atoms with Crippen molar-refractivity contribution < 1.29 is 9.90 Å². The molecule has 3 nitrogen and oxygen atoms in total. The van der Waals surface area contributed by atoms with Crippen LogP contribution in [-0.2, 0) is 11.2 Å². The Morgan fingerprint density at radius 1 is 1.39 bits per heavy atom. The molecular formula is C14H20ClNO2. The van der Waals surface area contributed by atoms with Crippen molar-refractivity contribution in [2.45, 2.75) is 33.3 Å². The first-order chi connectivity index (χ1) is 8.30. The maximum atomic E-state index is 11.7. The number of rotatable bonds is 4. The smallest absolute Gasteiger partial charge is 0.224 e. The zero-order valence-corrected chi connectivity index (χ0v) is 11.8. The first kappa shape index (κ1) is 15.0. The predicted molar refractivity (Wildman–Crippen MR) is 73.6 cm³/mol. The molecule has 0 heterocycles. The molecule has 1 aromatic carbocycles. The molecule has 0 aliphatic heterocycles.